The van der Waals surface area contributed by atoms with Gasteiger partial charge in [-0.2, -0.15) is 0 Å². The summed E-state index contributed by atoms with van der Waals surface area (Å²) in [6.45, 7) is 3.93. The van der Waals surface area contributed by atoms with Gasteiger partial charge in [-0.05, 0) is 72.3 Å². The zero-order chi connectivity index (χ0) is 21.3. The largest absolute Gasteiger partial charge is 0.422 e. The fraction of sp³-hybridized carbons (Fsp3) is 0.0870. The molecule has 6 nitrogen and oxygen atoms in total. The van der Waals surface area contributed by atoms with E-state index in [4.69, 9.17) is 4.74 Å². The molecule has 30 heavy (non-hydrogen) atoms. The zero-order valence-corrected chi connectivity index (χ0v) is 17.2. The van der Waals surface area contributed by atoms with Crippen molar-refractivity contribution in [3.8, 4) is 5.75 Å². The quantitative estimate of drug-likeness (QED) is 0.300. The Bertz CT molecular complexity index is 1160. The average molecular weight is 418 g/mol. The van der Waals surface area contributed by atoms with Crippen molar-refractivity contribution in [2.45, 2.75) is 13.8 Å². The molecule has 1 aliphatic rings. The van der Waals surface area contributed by atoms with Gasteiger partial charge >= 0.3 is 5.97 Å². The maximum absolute atomic E-state index is 12.8. The van der Waals surface area contributed by atoms with Crippen LogP contribution in [0.4, 0.5) is 5.69 Å². The Hall–Kier alpha value is -3.71. The number of hydrogen-bond acceptors (Lipinski definition) is 5. The highest BCUT2D eigenvalue weighted by Gasteiger charge is 2.34. The summed E-state index contributed by atoms with van der Waals surface area (Å²) in [7, 11) is 0. The molecule has 0 bridgehead atoms. The second-order valence-electron chi connectivity index (χ2n) is 6.84. The van der Waals surface area contributed by atoms with E-state index >= 15 is 0 Å². The van der Waals surface area contributed by atoms with Crippen molar-refractivity contribution in [3.05, 3.63) is 87.1 Å². The summed E-state index contributed by atoms with van der Waals surface area (Å²) in [5.74, 6) is -0.928. The van der Waals surface area contributed by atoms with Crippen LogP contribution in [-0.2, 0) is 9.59 Å². The van der Waals surface area contributed by atoms with E-state index in [-0.39, 0.29) is 5.57 Å². The monoisotopic (exact) mass is 418 g/mol. The number of thiophene rings is 1. The standard InChI is InChI=1S/C23H18N2O4S/c1-14-5-8-17(12-15(14)2)25-22(27)19(21(26)24-25)13-16-6-9-18(10-7-16)29-23(28)20-4-3-11-30-20/h3-13H,1-2H3,(H,24,26). The summed E-state index contributed by atoms with van der Waals surface area (Å²) >= 11 is 1.30. The van der Waals surface area contributed by atoms with Crippen molar-refractivity contribution < 1.29 is 19.1 Å². The van der Waals surface area contributed by atoms with Gasteiger partial charge in [0.1, 0.15) is 16.2 Å². The van der Waals surface area contributed by atoms with Gasteiger partial charge in [0.15, 0.2) is 0 Å². The molecule has 2 amide bonds. The second kappa shape index (κ2) is 7.96. The van der Waals surface area contributed by atoms with Gasteiger partial charge in [0.05, 0.1) is 5.69 Å². The summed E-state index contributed by atoms with van der Waals surface area (Å²) in [5, 5.41) is 3.05. The number of hydrogen-bond donors (Lipinski definition) is 1. The van der Waals surface area contributed by atoms with Gasteiger partial charge in [-0.15, -0.1) is 11.3 Å². The molecule has 0 atom stereocenters. The van der Waals surface area contributed by atoms with Crippen LogP contribution in [0.25, 0.3) is 6.08 Å². The molecule has 1 saturated heterocycles. The Morgan fingerprint density at radius 3 is 2.47 bits per heavy atom. The van der Waals surface area contributed by atoms with Gasteiger partial charge in [0.2, 0.25) is 0 Å². The third kappa shape index (κ3) is 3.88. The maximum Gasteiger partial charge on any atom is 0.353 e. The molecule has 1 aromatic heterocycles. The minimum atomic E-state index is -0.466. The van der Waals surface area contributed by atoms with Crippen LogP contribution in [0, 0.1) is 13.8 Å². The first kappa shape index (κ1) is 19.6. The van der Waals surface area contributed by atoms with Crippen LogP contribution < -0.4 is 15.2 Å². The smallest absolute Gasteiger partial charge is 0.353 e. The molecule has 2 heterocycles. The molecule has 0 saturated carbocycles. The highest BCUT2D eigenvalue weighted by Crippen LogP contribution is 2.24. The Kier molecular flexibility index (Phi) is 5.20. The normalized spacial score (nSPS) is 14.9. The lowest BCUT2D eigenvalue weighted by molar-refractivity contribution is -0.117. The fourth-order valence-electron chi connectivity index (χ4n) is 2.95. The first-order valence-electron chi connectivity index (χ1n) is 9.22. The molecule has 2 aromatic carbocycles. The predicted molar refractivity (Wildman–Crippen MR) is 115 cm³/mol. The predicted octanol–water partition coefficient (Wildman–Crippen LogP) is 4.05. The van der Waals surface area contributed by atoms with Crippen LogP contribution in [0.1, 0.15) is 26.4 Å². The molecule has 0 unspecified atom stereocenters. The van der Waals surface area contributed by atoms with Gasteiger partial charge < -0.3 is 4.74 Å². The Balaban J connectivity index is 1.51. The van der Waals surface area contributed by atoms with Gasteiger partial charge in [-0.1, -0.05) is 24.3 Å². The van der Waals surface area contributed by atoms with Crippen molar-refractivity contribution in [2.75, 3.05) is 5.01 Å². The summed E-state index contributed by atoms with van der Waals surface area (Å²) in [6, 6.07) is 15.6. The van der Waals surface area contributed by atoms with Crippen LogP contribution in [0.3, 0.4) is 0 Å². The number of esters is 1. The lowest BCUT2D eigenvalue weighted by atomic mass is 10.1. The maximum atomic E-state index is 12.8. The van der Waals surface area contributed by atoms with Crippen LogP contribution in [-0.4, -0.2) is 17.8 Å². The number of hydrazine groups is 1. The number of carbonyl (C=O) groups excluding carboxylic acids is 3. The molecule has 1 N–H and O–H groups in total. The van der Waals surface area contributed by atoms with Crippen molar-refractivity contribution in [2.24, 2.45) is 0 Å². The lowest BCUT2D eigenvalue weighted by Crippen LogP contribution is -2.35. The Labute approximate surface area is 177 Å². The fourth-order valence-corrected chi connectivity index (χ4v) is 3.55. The van der Waals surface area contributed by atoms with Crippen LogP contribution in [0.15, 0.2) is 65.6 Å². The molecule has 3 aromatic rings. The van der Waals surface area contributed by atoms with Gasteiger partial charge in [-0.3, -0.25) is 15.0 Å². The number of nitrogens with zero attached hydrogens (tertiary/aromatic N) is 1. The van der Waals surface area contributed by atoms with E-state index < -0.39 is 17.8 Å². The molecule has 0 aliphatic carbocycles. The van der Waals surface area contributed by atoms with Crippen molar-refractivity contribution in [1.29, 1.82) is 0 Å². The SMILES string of the molecule is Cc1ccc(N2NC(=O)C(=Cc3ccc(OC(=O)c4cccs4)cc3)C2=O)cc1C. The van der Waals surface area contributed by atoms with E-state index in [1.54, 1.807) is 47.8 Å². The molecule has 1 aliphatic heterocycles. The highest BCUT2D eigenvalue weighted by atomic mass is 32.1. The Morgan fingerprint density at radius 1 is 1.03 bits per heavy atom. The molecule has 1 fully saturated rings. The molecule has 7 heteroatoms. The molecular weight excluding hydrogens is 400 g/mol. The van der Waals surface area contributed by atoms with E-state index in [0.29, 0.717) is 21.9 Å². The number of ether oxygens (including phenoxy) is 1. The first-order chi connectivity index (χ1) is 14.4. The topological polar surface area (TPSA) is 75.7 Å². The highest BCUT2D eigenvalue weighted by molar-refractivity contribution is 7.12. The number of aryl methyl sites for hydroxylation is 2. The molecule has 4 rings (SSSR count). The minimum Gasteiger partial charge on any atom is -0.422 e. The number of nitrogens with one attached hydrogen (secondary N) is 1. The third-order valence-electron chi connectivity index (χ3n) is 4.76. The van der Waals surface area contributed by atoms with Crippen molar-refractivity contribution >= 4 is 40.9 Å². The molecule has 150 valence electrons. The van der Waals surface area contributed by atoms with Gasteiger partial charge in [-0.25, -0.2) is 9.80 Å². The summed E-state index contributed by atoms with van der Waals surface area (Å²) in [4.78, 5) is 37.7. The summed E-state index contributed by atoms with van der Waals surface area (Å²) < 4.78 is 5.32. The Morgan fingerprint density at radius 2 is 1.80 bits per heavy atom. The van der Waals surface area contributed by atoms with E-state index in [0.717, 1.165) is 11.1 Å². The number of rotatable bonds is 4. The van der Waals surface area contributed by atoms with Crippen molar-refractivity contribution in [1.82, 2.24) is 5.43 Å². The molecule has 0 radical (unpaired) electrons. The van der Waals surface area contributed by atoms with E-state index in [2.05, 4.69) is 5.43 Å². The molecular formula is C23H18N2O4S. The van der Waals surface area contributed by atoms with Gasteiger partial charge in [0, 0.05) is 0 Å². The van der Waals surface area contributed by atoms with Crippen LogP contribution in [0.5, 0.6) is 5.75 Å². The molecule has 0 spiro atoms. The number of carbonyl (C=O) groups is 3. The average Bonchev–Trinajstić information content (AvgIpc) is 3.36. The zero-order valence-electron chi connectivity index (χ0n) is 16.3. The first-order valence-corrected chi connectivity index (χ1v) is 10.1. The van der Waals surface area contributed by atoms with Crippen LogP contribution >= 0.6 is 11.3 Å². The summed E-state index contributed by atoms with van der Waals surface area (Å²) in [5.41, 5.74) is 6.02. The minimum absolute atomic E-state index is 0.0385. The number of benzene rings is 2. The second-order valence-corrected chi connectivity index (χ2v) is 7.79. The third-order valence-corrected chi connectivity index (χ3v) is 5.61. The number of amides is 2. The van der Waals surface area contributed by atoms with Gasteiger partial charge in [0.25, 0.3) is 11.8 Å². The van der Waals surface area contributed by atoms with Crippen molar-refractivity contribution in [3.63, 3.8) is 0 Å². The summed E-state index contributed by atoms with van der Waals surface area (Å²) in [6.07, 6.45) is 1.52. The van der Waals surface area contributed by atoms with E-state index in [1.165, 1.54) is 22.4 Å². The number of anilines is 1. The van der Waals surface area contributed by atoms with Crippen LogP contribution in [0.2, 0.25) is 0 Å². The van der Waals surface area contributed by atoms with E-state index in [9.17, 15) is 14.4 Å². The van der Waals surface area contributed by atoms with E-state index in [1.807, 2.05) is 26.0 Å². The lowest BCUT2D eigenvalue weighted by Gasteiger charge is -2.15.